The fourth-order valence-corrected chi connectivity index (χ4v) is 3.16. The van der Waals surface area contributed by atoms with E-state index in [1.807, 2.05) is 4.90 Å². The summed E-state index contributed by atoms with van der Waals surface area (Å²) in [7, 11) is 1.62. The van der Waals surface area contributed by atoms with Gasteiger partial charge in [0, 0.05) is 19.7 Å². The smallest absolute Gasteiger partial charge is 0.307 e. The molecule has 5 nitrogen and oxygen atoms in total. The van der Waals surface area contributed by atoms with Crippen LogP contribution in [0.4, 0.5) is 0 Å². The van der Waals surface area contributed by atoms with E-state index in [0.29, 0.717) is 26.0 Å². The van der Waals surface area contributed by atoms with E-state index in [1.165, 1.54) is 0 Å². The van der Waals surface area contributed by atoms with Crippen molar-refractivity contribution in [1.29, 1.82) is 0 Å². The van der Waals surface area contributed by atoms with Crippen molar-refractivity contribution in [1.82, 2.24) is 4.90 Å². The molecule has 2 atom stereocenters. The number of carbonyl (C=O) groups excluding carboxylic acids is 1. The van der Waals surface area contributed by atoms with Crippen LogP contribution in [0.3, 0.4) is 0 Å². The monoisotopic (exact) mass is 285 g/mol. The standard InChI is InChI=1S/C15H27NO4/c1-4-11(5-2)16(9-10-20-3)14(17)12-7-6-8-13(12)15(18)19/h11-13H,4-10H2,1-3H3,(H,18,19). The molecule has 0 bridgehead atoms. The molecule has 0 radical (unpaired) electrons. The highest BCUT2D eigenvalue weighted by Gasteiger charge is 2.40. The predicted molar refractivity (Wildman–Crippen MR) is 76.4 cm³/mol. The van der Waals surface area contributed by atoms with Crippen molar-refractivity contribution in [3.05, 3.63) is 0 Å². The molecular formula is C15H27NO4. The first kappa shape index (κ1) is 17.0. The van der Waals surface area contributed by atoms with Crippen LogP contribution in [0.2, 0.25) is 0 Å². The molecule has 1 fully saturated rings. The molecule has 0 aromatic rings. The molecule has 1 N–H and O–H groups in total. The van der Waals surface area contributed by atoms with Crippen LogP contribution in [-0.2, 0) is 14.3 Å². The molecule has 1 aliphatic carbocycles. The molecule has 0 spiro atoms. The van der Waals surface area contributed by atoms with Crippen LogP contribution in [-0.4, -0.2) is 48.2 Å². The first-order valence-electron chi connectivity index (χ1n) is 7.58. The lowest BCUT2D eigenvalue weighted by atomic mass is 9.93. The molecule has 5 heteroatoms. The molecule has 0 aromatic heterocycles. The second-order valence-corrected chi connectivity index (χ2v) is 5.48. The minimum atomic E-state index is -0.836. The lowest BCUT2D eigenvalue weighted by Crippen LogP contribution is -2.46. The van der Waals surface area contributed by atoms with E-state index >= 15 is 0 Å². The van der Waals surface area contributed by atoms with E-state index in [-0.39, 0.29) is 17.9 Å². The molecule has 116 valence electrons. The van der Waals surface area contributed by atoms with Gasteiger partial charge in [-0.3, -0.25) is 9.59 Å². The third kappa shape index (κ3) is 3.95. The van der Waals surface area contributed by atoms with Crippen LogP contribution < -0.4 is 0 Å². The first-order valence-corrected chi connectivity index (χ1v) is 7.58. The van der Waals surface area contributed by atoms with Gasteiger partial charge < -0.3 is 14.7 Å². The fraction of sp³-hybridized carbons (Fsp3) is 0.867. The number of amides is 1. The third-order valence-corrected chi connectivity index (χ3v) is 4.35. The second kappa shape index (κ2) is 8.25. The summed E-state index contributed by atoms with van der Waals surface area (Å²) >= 11 is 0. The van der Waals surface area contributed by atoms with Crippen LogP contribution in [0, 0.1) is 11.8 Å². The van der Waals surface area contributed by atoms with Crippen LogP contribution in [0.25, 0.3) is 0 Å². The van der Waals surface area contributed by atoms with Gasteiger partial charge in [-0.1, -0.05) is 20.3 Å². The zero-order chi connectivity index (χ0) is 15.1. The van der Waals surface area contributed by atoms with Crippen LogP contribution in [0.5, 0.6) is 0 Å². The Kier molecular flexibility index (Phi) is 6.99. The molecule has 1 amide bonds. The maximum absolute atomic E-state index is 12.7. The van der Waals surface area contributed by atoms with E-state index < -0.39 is 11.9 Å². The quantitative estimate of drug-likeness (QED) is 0.742. The zero-order valence-electron chi connectivity index (χ0n) is 12.8. The Morgan fingerprint density at radius 3 is 2.35 bits per heavy atom. The van der Waals surface area contributed by atoms with Crippen molar-refractivity contribution < 1.29 is 19.4 Å². The molecule has 0 heterocycles. The molecular weight excluding hydrogens is 258 g/mol. The summed E-state index contributed by atoms with van der Waals surface area (Å²) in [5.74, 6) is -1.70. The molecule has 0 saturated heterocycles. The fourth-order valence-electron chi connectivity index (χ4n) is 3.16. The van der Waals surface area contributed by atoms with Gasteiger partial charge in [0.15, 0.2) is 0 Å². The number of nitrogens with zero attached hydrogens (tertiary/aromatic N) is 1. The van der Waals surface area contributed by atoms with Gasteiger partial charge in [-0.2, -0.15) is 0 Å². The van der Waals surface area contributed by atoms with E-state index in [1.54, 1.807) is 7.11 Å². The molecule has 1 aliphatic rings. The maximum Gasteiger partial charge on any atom is 0.307 e. The van der Waals surface area contributed by atoms with E-state index in [9.17, 15) is 14.7 Å². The predicted octanol–water partition coefficient (Wildman–Crippen LogP) is 2.15. The lowest BCUT2D eigenvalue weighted by Gasteiger charge is -2.33. The van der Waals surface area contributed by atoms with Crippen molar-refractivity contribution >= 4 is 11.9 Å². The lowest BCUT2D eigenvalue weighted by molar-refractivity contribution is -0.150. The van der Waals surface area contributed by atoms with Gasteiger partial charge in [-0.15, -0.1) is 0 Å². The van der Waals surface area contributed by atoms with Crippen molar-refractivity contribution in [3.8, 4) is 0 Å². The average Bonchev–Trinajstić information content (AvgIpc) is 2.92. The second-order valence-electron chi connectivity index (χ2n) is 5.48. The van der Waals surface area contributed by atoms with E-state index in [0.717, 1.165) is 19.3 Å². The van der Waals surface area contributed by atoms with Crippen molar-refractivity contribution in [2.75, 3.05) is 20.3 Å². The topological polar surface area (TPSA) is 66.8 Å². The SMILES string of the molecule is CCC(CC)N(CCOC)C(=O)C1CCCC1C(=O)O. The third-order valence-electron chi connectivity index (χ3n) is 4.35. The maximum atomic E-state index is 12.7. The van der Waals surface area contributed by atoms with Gasteiger partial charge >= 0.3 is 5.97 Å². The first-order chi connectivity index (χ1) is 9.56. The Morgan fingerprint density at radius 2 is 1.85 bits per heavy atom. The number of carboxylic acids is 1. The highest BCUT2D eigenvalue weighted by molar-refractivity contribution is 5.85. The number of carbonyl (C=O) groups is 2. The molecule has 2 unspecified atom stereocenters. The minimum Gasteiger partial charge on any atom is -0.481 e. The minimum absolute atomic E-state index is 0.000602. The normalized spacial score (nSPS) is 22.2. The Bertz CT molecular complexity index is 328. The zero-order valence-corrected chi connectivity index (χ0v) is 12.8. The summed E-state index contributed by atoms with van der Waals surface area (Å²) in [6.07, 6.45) is 3.91. The van der Waals surface area contributed by atoms with Gasteiger partial charge in [0.25, 0.3) is 0 Å². The molecule has 0 aromatic carbocycles. The van der Waals surface area contributed by atoms with E-state index in [2.05, 4.69) is 13.8 Å². The van der Waals surface area contributed by atoms with Crippen molar-refractivity contribution in [2.24, 2.45) is 11.8 Å². The molecule has 20 heavy (non-hydrogen) atoms. The Labute approximate surface area is 121 Å². The summed E-state index contributed by atoms with van der Waals surface area (Å²) in [5, 5.41) is 9.25. The summed E-state index contributed by atoms with van der Waals surface area (Å²) < 4.78 is 5.09. The molecule has 1 saturated carbocycles. The molecule has 1 rings (SSSR count). The summed E-state index contributed by atoms with van der Waals surface area (Å²) in [5.41, 5.74) is 0. The number of hydrogen-bond acceptors (Lipinski definition) is 3. The van der Waals surface area contributed by atoms with Gasteiger partial charge in [-0.05, 0) is 25.7 Å². The van der Waals surface area contributed by atoms with Crippen LogP contribution in [0.1, 0.15) is 46.0 Å². The summed E-state index contributed by atoms with van der Waals surface area (Å²) in [6.45, 7) is 5.16. The highest BCUT2D eigenvalue weighted by Crippen LogP contribution is 2.34. The van der Waals surface area contributed by atoms with Gasteiger partial charge in [-0.25, -0.2) is 0 Å². The number of methoxy groups -OCH3 is 1. The Morgan fingerprint density at radius 1 is 1.25 bits per heavy atom. The molecule has 0 aliphatic heterocycles. The van der Waals surface area contributed by atoms with Crippen molar-refractivity contribution in [3.63, 3.8) is 0 Å². The average molecular weight is 285 g/mol. The number of ether oxygens (including phenoxy) is 1. The highest BCUT2D eigenvalue weighted by atomic mass is 16.5. The van der Waals surface area contributed by atoms with Crippen molar-refractivity contribution in [2.45, 2.75) is 52.0 Å². The number of aliphatic carboxylic acids is 1. The number of hydrogen-bond donors (Lipinski definition) is 1. The number of carboxylic acid groups (broad SMARTS) is 1. The Balaban J connectivity index is 2.83. The summed E-state index contributed by atoms with van der Waals surface area (Å²) in [6, 6.07) is 0.174. The van der Waals surface area contributed by atoms with Crippen LogP contribution >= 0.6 is 0 Å². The summed E-state index contributed by atoms with van der Waals surface area (Å²) in [4.78, 5) is 25.8. The number of rotatable bonds is 8. The van der Waals surface area contributed by atoms with E-state index in [4.69, 9.17) is 4.74 Å². The van der Waals surface area contributed by atoms with Gasteiger partial charge in [0.05, 0.1) is 18.4 Å². The Hall–Kier alpha value is -1.10. The van der Waals surface area contributed by atoms with Crippen LogP contribution in [0.15, 0.2) is 0 Å². The largest absolute Gasteiger partial charge is 0.481 e. The van der Waals surface area contributed by atoms with Gasteiger partial charge in [0.1, 0.15) is 0 Å². The van der Waals surface area contributed by atoms with Gasteiger partial charge in [0.2, 0.25) is 5.91 Å².